The van der Waals surface area contributed by atoms with E-state index in [2.05, 4.69) is 110 Å². The zero-order valence-electron chi connectivity index (χ0n) is 51.8. The van der Waals surface area contributed by atoms with Gasteiger partial charge in [-0.3, -0.25) is 39.9 Å². The van der Waals surface area contributed by atoms with Crippen LogP contribution in [0.4, 0.5) is 0 Å². The maximum absolute atomic E-state index is 4.11. The smallest absolute Gasteiger partial charge is 0.125 e. The third kappa shape index (κ3) is 40.1. The molecule has 0 N–H and O–H groups in total. The fourth-order valence-corrected chi connectivity index (χ4v) is 4.85. The van der Waals surface area contributed by atoms with Crippen molar-refractivity contribution in [3.63, 3.8) is 0 Å². The van der Waals surface area contributed by atoms with E-state index in [1.54, 1.807) is 99.4 Å². The molecule has 0 saturated heterocycles. The van der Waals surface area contributed by atoms with Crippen LogP contribution < -0.4 is 0 Å². The SMILES string of the molecule is Cc1ccc(C)nn1.Cc1cccnn1.Cc1ccnnc1.Cc1cnc(C)cn1.Cc1cnc(C)nc1.Cc1cncc(C)n1.Cc1cnccn1.Cc1cncnc1.Cc1cncnc1C.Cc1cncnc1C.Cc1nccnc1C. The normalized spacial score (nSPS) is 9.07. The van der Waals surface area contributed by atoms with Crippen molar-refractivity contribution in [1.82, 2.24) is 110 Å². The molecule has 0 atom stereocenters. The highest BCUT2D eigenvalue weighted by atomic mass is 15.1. The van der Waals surface area contributed by atoms with Gasteiger partial charge in [-0.2, -0.15) is 30.6 Å². The Morgan fingerprint density at radius 3 is 0.964 bits per heavy atom. The lowest BCUT2D eigenvalue weighted by molar-refractivity contribution is 0.941. The van der Waals surface area contributed by atoms with Gasteiger partial charge in [0.05, 0.1) is 63.1 Å². The highest BCUT2D eigenvalue weighted by Crippen LogP contribution is 1.98. The van der Waals surface area contributed by atoms with Crippen molar-refractivity contribution in [2.75, 3.05) is 0 Å². The summed E-state index contributed by atoms with van der Waals surface area (Å²) in [5.41, 5.74) is 17.5. The maximum Gasteiger partial charge on any atom is 0.125 e. The molecule has 0 unspecified atom stereocenters. The Morgan fingerprint density at radius 1 is 0.238 bits per heavy atom. The summed E-state index contributed by atoms with van der Waals surface area (Å²) in [6.45, 7) is 35.0. The molecule has 438 valence electrons. The summed E-state index contributed by atoms with van der Waals surface area (Å²) in [5.74, 6) is 0.829. The van der Waals surface area contributed by atoms with Crippen molar-refractivity contribution in [3.8, 4) is 0 Å². The topological polar surface area (TPSA) is 284 Å². The molecule has 0 aromatic carbocycles. The molecule has 11 aromatic heterocycles. The van der Waals surface area contributed by atoms with Crippen LogP contribution in [0.1, 0.15) is 102 Å². The van der Waals surface area contributed by atoms with Crippen LogP contribution in [0.2, 0.25) is 0 Å². The van der Waals surface area contributed by atoms with Crippen molar-refractivity contribution < 1.29 is 0 Å². The van der Waals surface area contributed by atoms with Crippen LogP contribution >= 0.6 is 0 Å². The Labute approximate surface area is 495 Å². The average Bonchev–Trinajstić information content (AvgIpc) is 3.48. The summed E-state index contributed by atoms with van der Waals surface area (Å²) in [6.07, 6.45) is 35.9. The van der Waals surface area contributed by atoms with Crippen molar-refractivity contribution >= 4 is 0 Å². The Morgan fingerprint density at radius 2 is 0.702 bits per heavy atom. The molecule has 22 heteroatoms. The molecule has 0 bridgehead atoms. The van der Waals surface area contributed by atoms with Gasteiger partial charge in [0.2, 0.25) is 0 Å². The summed E-state index contributed by atoms with van der Waals surface area (Å²) in [5, 5.41) is 22.3. The summed E-state index contributed by atoms with van der Waals surface area (Å²) in [6, 6.07) is 9.58. The molecule has 0 aliphatic carbocycles. The van der Waals surface area contributed by atoms with E-state index in [0.29, 0.717) is 0 Å². The molecule has 0 fully saturated rings. The lowest BCUT2D eigenvalue weighted by atomic mass is 10.3. The van der Waals surface area contributed by atoms with Gasteiger partial charge in [-0.25, -0.2) is 39.9 Å². The number of hydrogen-bond acceptors (Lipinski definition) is 22. The molecule has 0 radical (unpaired) electrons. The van der Waals surface area contributed by atoms with E-state index < -0.39 is 0 Å². The number of hydrogen-bond donors (Lipinski definition) is 0. The van der Waals surface area contributed by atoms with Gasteiger partial charge in [0.25, 0.3) is 0 Å². The molecule has 22 nitrogen and oxygen atoms in total. The van der Waals surface area contributed by atoms with Crippen LogP contribution in [0.15, 0.2) is 161 Å². The Hall–Kier alpha value is -10.1. The van der Waals surface area contributed by atoms with Gasteiger partial charge in [-0.1, -0.05) is 0 Å². The van der Waals surface area contributed by atoms with E-state index in [1.165, 1.54) is 6.33 Å². The first-order valence-corrected chi connectivity index (χ1v) is 26.3. The molecule has 0 saturated carbocycles. The molecule has 0 spiro atoms. The summed E-state index contributed by atoms with van der Waals surface area (Å²) in [4.78, 5) is 62.9. The van der Waals surface area contributed by atoms with Crippen LogP contribution in [-0.2, 0) is 0 Å². The van der Waals surface area contributed by atoms with Crippen molar-refractivity contribution in [3.05, 3.63) is 263 Å². The van der Waals surface area contributed by atoms with Gasteiger partial charge in [-0.05, 0) is 183 Å². The van der Waals surface area contributed by atoms with Crippen molar-refractivity contribution in [2.45, 2.75) is 125 Å². The molecule has 11 rings (SSSR count). The third-order valence-corrected chi connectivity index (χ3v) is 9.89. The second-order valence-corrected chi connectivity index (χ2v) is 18.1. The highest BCUT2D eigenvalue weighted by Gasteiger charge is 1.90. The Bertz CT molecular complexity index is 2850. The van der Waals surface area contributed by atoms with E-state index in [9.17, 15) is 0 Å². The van der Waals surface area contributed by atoms with E-state index >= 15 is 0 Å². The van der Waals surface area contributed by atoms with Crippen LogP contribution in [0.5, 0.6) is 0 Å². The van der Waals surface area contributed by atoms with E-state index in [1.807, 2.05) is 180 Å². The lowest BCUT2D eigenvalue weighted by Crippen LogP contribution is -1.87. The second-order valence-electron chi connectivity index (χ2n) is 18.1. The van der Waals surface area contributed by atoms with Crippen molar-refractivity contribution in [1.29, 1.82) is 0 Å². The number of aromatic nitrogens is 22. The molecule has 84 heavy (non-hydrogen) atoms. The van der Waals surface area contributed by atoms with Crippen molar-refractivity contribution in [2.24, 2.45) is 0 Å². The molecular weight excluding hydrogens is 1050 g/mol. The predicted octanol–water partition coefficient (Wildman–Crippen LogP) is 10.8. The fraction of sp³-hybridized carbons (Fsp3) is 0.290. The zero-order valence-corrected chi connectivity index (χ0v) is 51.8. The number of nitrogens with zero attached hydrogens (tertiary/aromatic N) is 22. The molecule has 11 heterocycles. The quantitative estimate of drug-likeness (QED) is 0.136. The minimum absolute atomic E-state index is 0.829. The molecular formula is C62H80N22. The first-order chi connectivity index (χ1) is 40.1. The van der Waals surface area contributed by atoms with Gasteiger partial charge in [0, 0.05) is 117 Å². The van der Waals surface area contributed by atoms with E-state index in [-0.39, 0.29) is 0 Å². The molecule has 0 amide bonds. The van der Waals surface area contributed by atoms with Gasteiger partial charge in [-0.15, -0.1) is 0 Å². The monoisotopic (exact) mass is 1130 g/mol. The van der Waals surface area contributed by atoms with Crippen LogP contribution in [0.25, 0.3) is 0 Å². The Kier molecular flexibility index (Phi) is 38.2. The highest BCUT2D eigenvalue weighted by molar-refractivity contribution is 5.11. The van der Waals surface area contributed by atoms with Gasteiger partial charge in [0.1, 0.15) is 24.8 Å². The summed E-state index contributed by atoms with van der Waals surface area (Å²) < 4.78 is 0. The first kappa shape index (κ1) is 71.9. The maximum atomic E-state index is 4.11. The van der Waals surface area contributed by atoms with Crippen LogP contribution in [-0.4, -0.2) is 110 Å². The second kappa shape index (κ2) is 44.6. The van der Waals surface area contributed by atoms with E-state index in [4.69, 9.17) is 0 Å². The van der Waals surface area contributed by atoms with Gasteiger partial charge < -0.3 is 0 Å². The lowest BCUT2D eigenvalue weighted by Gasteiger charge is -1.91. The molecule has 0 aliphatic rings. The summed E-state index contributed by atoms with van der Waals surface area (Å²) in [7, 11) is 0. The number of rotatable bonds is 0. The minimum Gasteiger partial charge on any atom is -0.261 e. The zero-order chi connectivity index (χ0) is 62.3. The largest absolute Gasteiger partial charge is 0.261 e. The van der Waals surface area contributed by atoms with Gasteiger partial charge >= 0.3 is 0 Å². The average molecular weight is 1130 g/mol. The van der Waals surface area contributed by atoms with E-state index in [0.717, 1.165) is 102 Å². The minimum atomic E-state index is 0.829. The third-order valence-electron chi connectivity index (χ3n) is 9.89. The summed E-state index contributed by atoms with van der Waals surface area (Å²) >= 11 is 0. The van der Waals surface area contributed by atoms with Crippen LogP contribution in [0, 0.1) is 125 Å². The standard InChI is InChI=1S/7C6H8N2.4C5H6N2/c2*1-5-3-7-4-8-6(5)2;1-5-3-8-6(2)4-7-5;1-5-3-7-4-6(2)8-5;1-5-3-7-6(2)8-4-5;1-5-6(2)8-4-3-7-5;1-5-3-4-6(2)8-7-5;1-5-2-6-4-7-3-5;1-5-4-6-2-3-7-5;1-5-2-3-6-7-4-5;1-5-3-2-4-6-7-5/h7*3-4H,1-2H3;4*2-4H,1H3. The van der Waals surface area contributed by atoms with Crippen LogP contribution in [0.3, 0.4) is 0 Å². The Balaban J connectivity index is 0.000000462. The van der Waals surface area contributed by atoms with Gasteiger partial charge in [0.15, 0.2) is 0 Å². The first-order valence-electron chi connectivity index (χ1n) is 26.3. The predicted molar refractivity (Wildman–Crippen MR) is 328 cm³/mol. The fourth-order valence-electron chi connectivity index (χ4n) is 4.85. The number of aryl methyl sites for hydroxylation is 18. The molecule has 0 aliphatic heterocycles. The molecule has 11 aromatic rings.